The van der Waals surface area contributed by atoms with E-state index in [4.69, 9.17) is 0 Å². The summed E-state index contributed by atoms with van der Waals surface area (Å²) < 4.78 is 1.98. The molecule has 72 valence electrons. The van der Waals surface area contributed by atoms with Crippen molar-refractivity contribution >= 4 is 0 Å². The first-order valence-corrected chi connectivity index (χ1v) is 4.63. The Bertz CT molecular complexity index is 252. The predicted molar refractivity (Wildman–Crippen MR) is 54.4 cm³/mol. The van der Waals surface area contributed by atoms with Crippen molar-refractivity contribution in [3.8, 4) is 0 Å². The Balaban J connectivity index is 2.35. The Morgan fingerprint density at radius 1 is 1.69 bits per heavy atom. The molecule has 0 amide bonds. The molecule has 0 saturated carbocycles. The molecule has 0 radical (unpaired) electrons. The van der Waals surface area contributed by atoms with Crippen LogP contribution in [0.25, 0.3) is 0 Å². The largest absolute Gasteiger partial charge is 0.316 e. The second kappa shape index (κ2) is 5.54. The molecule has 0 spiro atoms. The van der Waals surface area contributed by atoms with E-state index in [0.717, 1.165) is 25.9 Å². The molecule has 1 aromatic heterocycles. The van der Waals surface area contributed by atoms with E-state index in [1.807, 2.05) is 24.0 Å². The van der Waals surface area contributed by atoms with Crippen LogP contribution in [-0.4, -0.2) is 16.8 Å². The van der Waals surface area contributed by atoms with Crippen molar-refractivity contribution in [1.82, 2.24) is 15.1 Å². The normalized spacial score (nSPS) is 10.2. The molecule has 1 heterocycles. The fourth-order valence-electron chi connectivity index (χ4n) is 1.22. The van der Waals surface area contributed by atoms with Gasteiger partial charge in [-0.15, -0.1) is 6.58 Å². The minimum atomic E-state index is 0.890. The fourth-order valence-corrected chi connectivity index (χ4v) is 1.22. The van der Waals surface area contributed by atoms with Crippen molar-refractivity contribution in [3.63, 3.8) is 0 Å². The lowest BCUT2D eigenvalue weighted by Crippen LogP contribution is -2.04. The maximum atomic E-state index is 4.25. The Morgan fingerprint density at radius 2 is 2.54 bits per heavy atom. The van der Waals surface area contributed by atoms with Crippen molar-refractivity contribution in [2.24, 2.45) is 0 Å². The van der Waals surface area contributed by atoms with Gasteiger partial charge in [0.25, 0.3) is 0 Å². The molecule has 0 atom stereocenters. The van der Waals surface area contributed by atoms with Crippen LogP contribution in [0.15, 0.2) is 25.0 Å². The molecule has 1 N–H and O–H groups in total. The van der Waals surface area contributed by atoms with Crippen LogP contribution in [0.4, 0.5) is 0 Å². The molecule has 13 heavy (non-hydrogen) atoms. The van der Waals surface area contributed by atoms with Crippen LogP contribution in [0.2, 0.25) is 0 Å². The zero-order valence-corrected chi connectivity index (χ0v) is 8.16. The van der Waals surface area contributed by atoms with Gasteiger partial charge in [-0.2, -0.15) is 5.10 Å². The molecular weight excluding hydrogens is 162 g/mol. The number of aromatic nitrogens is 2. The lowest BCUT2D eigenvalue weighted by atomic mass is 10.3. The van der Waals surface area contributed by atoms with E-state index < -0.39 is 0 Å². The lowest BCUT2D eigenvalue weighted by molar-refractivity contribution is 0.583. The number of hydrogen-bond donors (Lipinski definition) is 1. The lowest BCUT2D eigenvalue weighted by Gasteiger charge is -1.97. The second-order valence-corrected chi connectivity index (χ2v) is 3.07. The molecule has 1 rings (SSSR count). The third-order valence-corrected chi connectivity index (χ3v) is 1.86. The number of rotatable bonds is 6. The zero-order valence-electron chi connectivity index (χ0n) is 8.16. The van der Waals surface area contributed by atoms with Crippen molar-refractivity contribution in [2.45, 2.75) is 25.9 Å². The van der Waals surface area contributed by atoms with Crippen molar-refractivity contribution in [2.75, 3.05) is 7.05 Å². The quantitative estimate of drug-likeness (QED) is 0.530. The molecular formula is C10H17N3. The van der Waals surface area contributed by atoms with Gasteiger partial charge in [-0.1, -0.05) is 6.08 Å². The van der Waals surface area contributed by atoms with Crippen molar-refractivity contribution < 1.29 is 0 Å². The van der Waals surface area contributed by atoms with E-state index in [2.05, 4.69) is 23.2 Å². The van der Waals surface area contributed by atoms with Crippen LogP contribution < -0.4 is 5.32 Å². The zero-order chi connectivity index (χ0) is 9.52. The predicted octanol–water partition coefficient (Wildman–Crippen LogP) is 1.57. The number of unbranched alkanes of at least 4 members (excludes halogenated alkanes) is 1. The first kappa shape index (κ1) is 9.99. The summed E-state index contributed by atoms with van der Waals surface area (Å²) >= 11 is 0. The SMILES string of the molecule is C=CCCCn1cc(CNC)cn1. The summed E-state index contributed by atoms with van der Waals surface area (Å²) in [5.41, 5.74) is 1.24. The summed E-state index contributed by atoms with van der Waals surface area (Å²) in [4.78, 5) is 0. The van der Waals surface area contributed by atoms with E-state index in [-0.39, 0.29) is 0 Å². The van der Waals surface area contributed by atoms with E-state index in [9.17, 15) is 0 Å². The molecule has 0 unspecified atom stereocenters. The van der Waals surface area contributed by atoms with Gasteiger partial charge >= 0.3 is 0 Å². The Morgan fingerprint density at radius 3 is 3.23 bits per heavy atom. The molecule has 0 aliphatic carbocycles. The summed E-state index contributed by atoms with van der Waals surface area (Å²) in [6.45, 7) is 5.56. The highest BCUT2D eigenvalue weighted by molar-refractivity contribution is 5.02. The monoisotopic (exact) mass is 179 g/mol. The smallest absolute Gasteiger partial charge is 0.0534 e. The van der Waals surface area contributed by atoms with Crippen LogP contribution >= 0.6 is 0 Å². The first-order chi connectivity index (χ1) is 6.36. The summed E-state index contributed by atoms with van der Waals surface area (Å²) in [5.74, 6) is 0. The number of aryl methyl sites for hydroxylation is 1. The van der Waals surface area contributed by atoms with Crippen LogP contribution in [0, 0.1) is 0 Å². The van der Waals surface area contributed by atoms with Crippen molar-refractivity contribution in [3.05, 3.63) is 30.6 Å². The standard InChI is InChI=1S/C10H17N3/c1-3-4-5-6-13-9-10(7-11-2)8-12-13/h3,8-9,11H,1,4-7H2,2H3. The van der Waals surface area contributed by atoms with Crippen molar-refractivity contribution in [1.29, 1.82) is 0 Å². The van der Waals surface area contributed by atoms with Gasteiger partial charge in [0.15, 0.2) is 0 Å². The molecule has 0 fully saturated rings. The van der Waals surface area contributed by atoms with Gasteiger partial charge in [-0.3, -0.25) is 4.68 Å². The minimum absolute atomic E-state index is 0.890. The maximum Gasteiger partial charge on any atom is 0.0534 e. The van der Waals surface area contributed by atoms with Crippen LogP contribution in [0.1, 0.15) is 18.4 Å². The average Bonchev–Trinajstić information content (AvgIpc) is 2.54. The van der Waals surface area contributed by atoms with Gasteiger partial charge in [0.1, 0.15) is 0 Å². The fraction of sp³-hybridized carbons (Fsp3) is 0.500. The van der Waals surface area contributed by atoms with E-state index in [1.54, 1.807) is 0 Å². The summed E-state index contributed by atoms with van der Waals surface area (Å²) in [7, 11) is 1.94. The van der Waals surface area contributed by atoms with Gasteiger partial charge in [0.2, 0.25) is 0 Å². The highest BCUT2D eigenvalue weighted by Gasteiger charge is 1.95. The van der Waals surface area contributed by atoms with Gasteiger partial charge in [-0.05, 0) is 19.9 Å². The highest BCUT2D eigenvalue weighted by atomic mass is 15.3. The number of allylic oxidation sites excluding steroid dienone is 1. The molecule has 0 bridgehead atoms. The Labute approximate surface area is 79.5 Å². The Kier molecular flexibility index (Phi) is 4.26. The third-order valence-electron chi connectivity index (χ3n) is 1.86. The van der Waals surface area contributed by atoms with Crippen LogP contribution in [0.3, 0.4) is 0 Å². The van der Waals surface area contributed by atoms with Crippen LogP contribution in [0.5, 0.6) is 0 Å². The van der Waals surface area contributed by atoms with Gasteiger partial charge in [0.05, 0.1) is 6.20 Å². The molecule has 3 heteroatoms. The molecule has 0 saturated heterocycles. The second-order valence-electron chi connectivity index (χ2n) is 3.07. The Hall–Kier alpha value is -1.09. The summed E-state index contributed by atoms with van der Waals surface area (Å²) in [6, 6.07) is 0. The van der Waals surface area contributed by atoms with E-state index in [1.165, 1.54) is 5.56 Å². The molecule has 0 aliphatic heterocycles. The number of nitrogens with zero attached hydrogens (tertiary/aromatic N) is 2. The number of hydrogen-bond acceptors (Lipinski definition) is 2. The minimum Gasteiger partial charge on any atom is -0.316 e. The van der Waals surface area contributed by atoms with Gasteiger partial charge in [0, 0.05) is 24.8 Å². The third kappa shape index (κ3) is 3.42. The molecule has 1 aromatic rings. The molecule has 0 aromatic carbocycles. The van der Waals surface area contributed by atoms with E-state index >= 15 is 0 Å². The summed E-state index contributed by atoms with van der Waals surface area (Å²) in [6.07, 6.45) is 8.10. The van der Waals surface area contributed by atoms with Gasteiger partial charge in [-0.25, -0.2) is 0 Å². The maximum absolute atomic E-state index is 4.25. The average molecular weight is 179 g/mol. The first-order valence-electron chi connectivity index (χ1n) is 4.63. The number of nitrogens with one attached hydrogen (secondary N) is 1. The van der Waals surface area contributed by atoms with E-state index in [0.29, 0.717) is 0 Å². The summed E-state index contributed by atoms with van der Waals surface area (Å²) in [5, 5.41) is 7.34. The van der Waals surface area contributed by atoms with Crippen LogP contribution in [-0.2, 0) is 13.1 Å². The van der Waals surface area contributed by atoms with Gasteiger partial charge < -0.3 is 5.32 Å². The molecule has 3 nitrogen and oxygen atoms in total. The topological polar surface area (TPSA) is 29.9 Å². The molecule has 0 aliphatic rings. The highest BCUT2D eigenvalue weighted by Crippen LogP contribution is 1.99.